The summed E-state index contributed by atoms with van der Waals surface area (Å²) < 4.78 is 14.1. The molecule has 0 unspecified atom stereocenters. The fourth-order valence-corrected chi connectivity index (χ4v) is 2.93. The molecule has 1 aliphatic heterocycles. The average Bonchev–Trinajstić information content (AvgIpc) is 2.99. The summed E-state index contributed by atoms with van der Waals surface area (Å²) in [6.07, 6.45) is 1.62. The van der Waals surface area contributed by atoms with Crippen LogP contribution < -0.4 is 0 Å². The van der Waals surface area contributed by atoms with E-state index in [0.717, 1.165) is 11.3 Å². The fourth-order valence-electron chi connectivity index (χ4n) is 2.22. The number of carbonyl (C=O) groups excluding carboxylic acids is 1. The molecule has 0 fully saturated rings. The van der Waals surface area contributed by atoms with Gasteiger partial charge in [0.05, 0.1) is 16.2 Å². The summed E-state index contributed by atoms with van der Waals surface area (Å²) in [6, 6.07) is 2.83. The molecule has 0 spiro atoms. The molecule has 0 aromatic carbocycles. The van der Waals surface area contributed by atoms with Gasteiger partial charge >= 0.3 is 0 Å². The number of hydrogen-bond donors (Lipinski definition) is 2. The molecular formula is C14H10FNO3S. The van der Waals surface area contributed by atoms with Crippen molar-refractivity contribution in [2.45, 2.75) is 13.3 Å². The zero-order valence-corrected chi connectivity index (χ0v) is 11.3. The van der Waals surface area contributed by atoms with Crippen LogP contribution in [0.4, 0.5) is 4.39 Å². The van der Waals surface area contributed by atoms with Crippen LogP contribution in [0, 0.1) is 0 Å². The van der Waals surface area contributed by atoms with Gasteiger partial charge in [0.15, 0.2) is 16.6 Å². The Morgan fingerprint density at radius 3 is 2.80 bits per heavy atom. The molecule has 0 atom stereocenters. The van der Waals surface area contributed by atoms with E-state index in [0.29, 0.717) is 11.4 Å². The summed E-state index contributed by atoms with van der Waals surface area (Å²) >= 11 is 0.888. The molecule has 0 saturated carbocycles. The van der Waals surface area contributed by atoms with Gasteiger partial charge in [0.1, 0.15) is 0 Å². The number of Topliss-reactive ketones (excluding diaryl/α,β-unsaturated/α-hetero) is 1. The standard InChI is InChI=1S/C14H10FNO3S/c1-6-4-7-9(16-6)5-8(14(19)12(7)15)13(18)10-2-3-11(17)20-10/h2-4,17,19H,5H2,1H3. The lowest BCUT2D eigenvalue weighted by atomic mass is 9.92. The van der Waals surface area contributed by atoms with Crippen molar-refractivity contribution < 1.29 is 19.4 Å². The first-order chi connectivity index (χ1) is 9.47. The number of aliphatic hydroxyl groups is 1. The molecule has 2 N–H and O–H groups in total. The maximum absolute atomic E-state index is 14.1. The second-order valence-corrected chi connectivity index (χ2v) is 5.61. The molecular weight excluding hydrogens is 281 g/mol. The van der Waals surface area contributed by atoms with Gasteiger partial charge in [-0.2, -0.15) is 0 Å². The Kier molecular flexibility index (Phi) is 2.83. The zero-order valence-electron chi connectivity index (χ0n) is 10.5. The van der Waals surface area contributed by atoms with E-state index < -0.39 is 17.4 Å². The number of hydrogen-bond acceptors (Lipinski definition) is 5. The Labute approximate surface area is 117 Å². The van der Waals surface area contributed by atoms with Crippen molar-refractivity contribution in [2.75, 3.05) is 0 Å². The Bertz CT molecular complexity index is 752. The van der Waals surface area contributed by atoms with Gasteiger partial charge < -0.3 is 10.2 Å². The molecule has 20 heavy (non-hydrogen) atoms. The second-order valence-electron chi connectivity index (χ2n) is 4.54. The van der Waals surface area contributed by atoms with Crippen molar-refractivity contribution in [3.05, 3.63) is 51.5 Å². The van der Waals surface area contributed by atoms with Crippen LogP contribution in [-0.2, 0) is 0 Å². The minimum absolute atomic E-state index is 0.00308. The lowest BCUT2D eigenvalue weighted by molar-refractivity contribution is 0.103. The third kappa shape index (κ3) is 1.89. The fraction of sp³-hybridized carbons (Fsp3) is 0.143. The summed E-state index contributed by atoms with van der Waals surface area (Å²) in [5, 5.41) is 19.2. The lowest BCUT2D eigenvalue weighted by Gasteiger charge is -2.15. The van der Waals surface area contributed by atoms with Crippen molar-refractivity contribution >= 4 is 22.8 Å². The second kappa shape index (κ2) is 4.42. The van der Waals surface area contributed by atoms with E-state index in [4.69, 9.17) is 0 Å². The highest BCUT2D eigenvalue weighted by Gasteiger charge is 2.32. The molecule has 0 bridgehead atoms. The maximum Gasteiger partial charge on any atom is 0.203 e. The number of aliphatic hydroxyl groups excluding tert-OH is 1. The summed E-state index contributed by atoms with van der Waals surface area (Å²) in [5.41, 5.74) is 1.29. The molecule has 1 aromatic heterocycles. The van der Waals surface area contributed by atoms with E-state index in [1.165, 1.54) is 12.1 Å². The Balaban J connectivity index is 2.04. The van der Waals surface area contributed by atoms with Crippen LogP contribution >= 0.6 is 11.3 Å². The number of ketones is 1. The molecule has 0 saturated heterocycles. The number of carbonyl (C=O) groups is 1. The molecule has 1 aliphatic carbocycles. The van der Waals surface area contributed by atoms with Crippen LogP contribution in [-0.4, -0.2) is 21.7 Å². The normalized spacial score (nSPS) is 18.1. The zero-order chi connectivity index (χ0) is 14.4. The highest BCUT2D eigenvalue weighted by atomic mass is 32.1. The monoisotopic (exact) mass is 291 g/mol. The highest BCUT2D eigenvalue weighted by molar-refractivity contribution is 7.15. The Morgan fingerprint density at radius 2 is 2.15 bits per heavy atom. The van der Waals surface area contributed by atoms with Crippen LogP contribution in [0.25, 0.3) is 0 Å². The number of allylic oxidation sites excluding steroid dienone is 5. The Hall–Kier alpha value is -2.21. The molecule has 1 aromatic rings. The summed E-state index contributed by atoms with van der Waals surface area (Å²) in [7, 11) is 0. The molecule has 2 heterocycles. The van der Waals surface area contributed by atoms with Gasteiger partial charge in [-0.25, -0.2) is 4.39 Å². The van der Waals surface area contributed by atoms with Gasteiger partial charge in [-0.1, -0.05) is 11.3 Å². The van der Waals surface area contributed by atoms with Gasteiger partial charge in [-0.3, -0.25) is 9.79 Å². The van der Waals surface area contributed by atoms with Crippen molar-refractivity contribution in [1.82, 2.24) is 0 Å². The van der Waals surface area contributed by atoms with E-state index in [1.807, 2.05) is 0 Å². The van der Waals surface area contributed by atoms with Gasteiger partial charge in [0.2, 0.25) is 5.78 Å². The van der Waals surface area contributed by atoms with Crippen molar-refractivity contribution in [3.63, 3.8) is 0 Å². The van der Waals surface area contributed by atoms with E-state index in [1.54, 1.807) is 13.0 Å². The van der Waals surface area contributed by atoms with E-state index in [-0.39, 0.29) is 27.5 Å². The number of rotatable bonds is 2. The number of aromatic hydroxyl groups is 1. The predicted molar refractivity (Wildman–Crippen MR) is 73.9 cm³/mol. The van der Waals surface area contributed by atoms with E-state index in [2.05, 4.69) is 4.99 Å². The lowest BCUT2D eigenvalue weighted by Crippen LogP contribution is -2.16. The van der Waals surface area contributed by atoms with Crippen molar-refractivity contribution in [2.24, 2.45) is 4.99 Å². The minimum atomic E-state index is -0.823. The molecule has 0 radical (unpaired) electrons. The SMILES string of the molecule is CC1=CC2=C(F)C(O)=C(C(=O)c3ccc(O)s3)CC2=N1. The van der Waals surface area contributed by atoms with Crippen LogP contribution in [0.5, 0.6) is 5.06 Å². The van der Waals surface area contributed by atoms with Crippen LogP contribution in [0.1, 0.15) is 23.0 Å². The third-order valence-electron chi connectivity index (χ3n) is 3.14. The third-order valence-corrected chi connectivity index (χ3v) is 4.03. The first kappa shape index (κ1) is 12.8. The molecule has 2 aliphatic rings. The van der Waals surface area contributed by atoms with Gasteiger partial charge in [-0.05, 0) is 25.1 Å². The van der Waals surface area contributed by atoms with E-state index >= 15 is 0 Å². The summed E-state index contributed by atoms with van der Waals surface area (Å²) in [6.45, 7) is 1.72. The largest absolute Gasteiger partial charge is 0.505 e. The van der Waals surface area contributed by atoms with Crippen LogP contribution in [0.15, 0.2) is 51.6 Å². The highest BCUT2D eigenvalue weighted by Crippen LogP contribution is 2.36. The summed E-state index contributed by atoms with van der Waals surface area (Å²) in [5.74, 6) is -1.95. The van der Waals surface area contributed by atoms with E-state index in [9.17, 15) is 19.4 Å². The Morgan fingerprint density at radius 1 is 1.40 bits per heavy atom. The number of thiophene rings is 1. The van der Waals surface area contributed by atoms with Gasteiger partial charge in [0.25, 0.3) is 0 Å². The maximum atomic E-state index is 14.1. The van der Waals surface area contributed by atoms with Crippen LogP contribution in [0.3, 0.4) is 0 Å². The number of aliphatic imine (C=N–C) groups is 1. The first-order valence-corrected chi connectivity index (χ1v) is 6.71. The van der Waals surface area contributed by atoms with Crippen molar-refractivity contribution in [3.8, 4) is 5.06 Å². The molecule has 4 nitrogen and oxygen atoms in total. The smallest absolute Gasteiger partial charge is 0.203 e. The number of halogens is 1. The predicted octanol–water partition coefficient (Wildman–Crippen LogP) is 3.43. The molecule has 0 amide bonds. The van der Waals surface area contributed by atoms with Gasteiger partial charge in [-0.15, -0.1) is 0 Å². The summed E-state index contributed by atoms with van der Waals surface area (Å²) in [4.78, 5) is 16.7. The van der Waals surface area contributed by atoms with Gasteiger partial charge in [0, 0.05) is 17.7 Å². The quantitative estimate of drug-likeness (QED) is 0.820. The molecule has 102 valence electrons. The number of fused-ring (bicyclic) bond motifs is 1. The minimum Gasteiger partial charge on any atom is -0.505 e. The first-order valence-electron chi connectivity index (χ1n) is 5.89. The topological polar surface area (TPSA) is 69.9 Å². The van der Waals surface area contributed by atoms with Crippen LogP contribution in [0.2, 0.25) is 0 Å². The molecule has 6 heteroatoms. The molecule has 3 rings (SSSR count). The number of nitrogens with zero attached hydrogens (tertiary/aromatic N) is 1. The van der Waals surface area contributed by atoms with Crippen molar-refractivity contribution in [1.29, 1.82) is 0 Å². The average molecular weight is 291 g/mol.